The first kappa shape index (κ1) is 27.4. The lowest BCUT2D eigenvalue weighted by Crippen LogP contribution is -2.51. The molecule has 1 aliphatic heterocycles. The van der Waals surface area contributed by atoms with E-state index in [1.807, 2.05) is 36.9 Å². The Labute approximate surface area is 219 Å². The van der Waals surface area contributed by atoms with Crippen LogP contribution in [0.3, 0.4) is 0 Å². The molecule has 1 aliphatic rings. The van der Waals surface area contributed by atoms with Gasteiger partial charge in [-0.2, -0.15) is 0 Å². The Balaban J connectivity index is 0.000000444. The van der Waals surface area contributed by atoms with Crippen molar-refractivity contribution < 1.29 is 14.0 Å². The van der Waals surface area contributed by atoms with Gasteiger partial charge in [0, 0.05) is 48.3 Å². The molecule has 0 radical (unpaired) electrons. The predicted octanol–water partition coefficient (Wildman–Crippen LogP) is 5.52. The van der Waals surface area contributed by atoms with Gasteiger partial charge in [0.15, 0.2) is 5.78 Å². The van der Waals surface area contributed by atoms with Crippen molar-refractivity contribution in [2.45, 2.75) is 40.7 Å². The first-order valence-corrected chi connectivity index (χ1v) is 13.4. The number of aromatic nitrogens is 1. The molecule has 1 amide bonds. The van der Waals surface area contributed by atoms with Crippen molar-refractivity contribution in [1.82, 2.24) is 9.88 Å². The smallest absolute Gasteiger partial charge is 0.264 e. The fourth-order valence-electron chi connectivity index (χ4n) is 3.90. The summed E-state index contributed by atoms with van der Waals surface area (Å²) in [5, 5.41) is 5.08. The zero-order valence-corrected chi connectivity index (χ0v) is 22.6. The van der Waals surface area contributed by atoms with Crippen LogP contribution in [-0.2, 0) is 17.8 Å². The van der Waals surface area contributed by atoms with Gasteiger partial charge in [-0.25, -0.2) is 9.37 Å². The lowest BCUT2D eigenvalue weighted by Gasteiger charge is -2.41. The number of carbonyl (C=O) groups excluding carboxylic acids is 2. The highest BCUT2D eigenvalue weighted by molar-refractivity contribution is 7.12. The second-order valence-corrected chi connectivity index (χ2v) is 11.0. The molecule has 1 fully saturated rings. The summed E-state index contributed by atoms with van der Waals surface area (Å²) in [6.45, 7) is 8.52. The number of piperidine rings is 1. The van der Waals surface area contributed by atoms with Crippen LogP contribution in [0.25, 0.3) is 0 Å². The monoisotopic (exact) mass is 526 g/mol. The van der Waals surface area contributed by atoms with Gasteiger partial charge in [-0.1, -0.05) is 39.0 Å². The Hall–Kier alpha value is -3.17. The average Bonchev–Trinajstić information content (AvgIpc) is 3.57. The van der Waals surface area contributed by atoms with E-state index in [0.29, 0.717) is 29.3 Å². The molecule has 0 unspecified atom stereocenters. The molecule has 2 N–H and O–H groups in total. The Morgan fingerprint density at radius 2 is 1.89 bits per heavy atom. The van der Waals surface area contributed by atoms with Crippen molar-refractivity contribution in [2.75, 3.05) is 13.1 Å². The normalized spacial score (nSPS) is 17.4. The van der Waals surface area contributed by atoms with Crippen LogP contribution in [0.1, 0.15) is 47.9 Å². The number of rotatable bonds is 5. The van der Waals surface area contributed by atoms with Gasteiger partial charge in [-0.3, -0.25) is 14.6 Å². The molecule has 0 saturated carbocycles. The Bertz CT molecular complexity index is 1230. The summed E-state index contributed by atoms with van der Waals surface area (Å²) in [5.41, 5.74) is 7.91. The van der Waals surface area contributed by atoms with Crippen molar-refractivity contribution in [3.8, 4) is 0 Å². The minimum atomic E-state index is -0.499. The van der Waals surface area contributed by atoms with E-state index in [2.05, 4.69) is 11.9 Å². The van der Waals surface area contributed by atoms with Crippen LogP contribution in [0.4, 0.5) is 4.39 Å². The van der Waals surface area contributed by atoms with E-state index in [0.717, 1.165) is 12.0 Å². The van der Waals surface area contributed by atoms with Gasteiger partial charge in [0.25, 0.3) is 5.91 Å². The van der Waals surface area contributed by atoms with E-state index in [1.165, 1.54) is 35.4 Å². The maximum atomic E-state index is 13.2. The molecule has 0 spiro atoms. The lowest BCUT2D eigenvalue weighted by atomic mass is 9.78. The van der Waals surface area contributed by atoms with Gasteiger partial charge >= 0.3 is 0 Å². The third kappa shape index (κ3) is 6.95. The largest absolute Gasteiger partial charge is 0.396 e. The van der Waals surface area contributed by atoms with Crippen molar-refractivity contribution in [3.05, 3.63) is 85.9 Å². The summed E-state index contributed by atoms with van der Waals surface area (Å²) in [6.07, 6.45) is 2.90. The minimum absolute atomic E-state index is 0.0838. The van der Waals surface area contributed by atoms with Gasteiger partial charge in [0.05, 0.1) is 22.1 Å². The van der Waals surface area contributed by atoms with E-state index >= 15 is 0 Å². The number of nitrogens with zero attached hydrogens (tertiary/aromatic N) is 3. The molecule has 6 nitrogen and oxygen atoms in total. The van der Waals surface area contributed by atoms with E-state index in [4.69, 9.17) is 10.7 Å². The summed E-state index contributed by atoms with van der Waals surface area (Å²) < 4.78 is 13.2. The summed E-state index contributed by atoms with van der Waals surface area (Å²) in [6, 6.07) is 9.77. The van der Waals surface area contributed by atoms with Crippen molar-refractivity contribution >= 4 is 40.1 Å². The molecule has 36 heavy (non-hydrogen) atoms. The maximum Gasteiger partial charge on any atom is 0.264 e. The van der Waals surface area contributed by atoms with Crippen LogP contribution < -0.4 is 5.73 Å². The highest BCUT2D eigenvalue weighted by Gasteiger charge is 2.39. The van der Waals surface area contributed by atoms with Gasteiger partial charge in [-0.05, 0) is 35.6 Å². The van der Waals surface area contributed by atoms with Crippen LogP contribution in [0, 0.1) is 11.2 Å². The molecule has 190 valence electrons. The number of benzene rings is 1. The van der Waals surface area contributed by atoms with Crippen LogP contribution in [-0.4, -0.2) is 40.4 Å². The highest BCUT2D eigenvalue weighted by Crippen LogP contribution is 2.32. The third-order valence-corrected chi connectivity index (χ3v) is 7.49. The molecule has 4 rings (SSSR count). The number of hydrogen-bond acceptors (Lipinski definition) is 7. The van der Waals surface area contributed by atoms with E-state index in [9.17, 15) is 14.0 Å². The SMILES string of the molecule is CC(=O)/C(N)=C1\CN(C(=O)c2cccs2)CC(C)(C)C1=NCc1ccc(F)cc1.CCc1nccs1. The standard InChI is InChI=1S/C22H24FN3O2S.C5H7NS/c1-14(27)19(24)17-12-26(21(28)18-5-4-10-29-18)13-22(2,3)20(17)25-11-15-6-8-16(23)9-7-15;1-2-5-6-3-4-7-5/h4-10H,11-13,24H2,1-3H3;3-4H,2H2,1H3/b19-17-,25-20?;. The number of likely N-dealkylation sites (tertiary alicyclic amines) is 1. The lowest BCUT2D eigenvalue weighted by molar-refractivity contribution is -0.113. The van der Waals surface area contributed by atoms with Gasteiger partial charge in [0.1, 0.15) is 5.82 Å². The fourth-order valence-corrected chi connectivity index (χ4v) is 5.16. The molecule has 9 heteroatoms. The number of ketones is 1. The minimum Gasteiger partial charge on any atom is -0.396 e. The number of thiazole rings is 1. The second kappa shape index (κ2) is 12.2. The zero-order chi connectivity index (χ0) is 26.3. The number of carbonyl (C=O) groups is 2. The Morgan fingerprint density at radius 1 is 1.17 bits per heavy atom. The van der Waals surface area contributed by atoms with Crippen LogP contribution in [0.2, 0.25) is 0 Å². The quantitative estimate of drug-likeness (QED) is 0.444. The number of aryl methyl sites for hydroxylation is 1. The topological polar surface area (TPSA) is 88.7 Å². The summed E-state index contributed by atoms with van der Waals surface area (Å²) in [5.74, 6) is -0.640. The number of nitrogens with two attached hydrogens (primary N) is 1. The first-order chi connectivity index (χ1) is 17.1. The molecular weight excluding hydrogens is 495 g/mol. The molecule has 2 aromatic heterocycles. The summed E-state index contributed by atoms with van der Waals surface area (Å²) in [7, 11) is 0. The van der Waals surface area contributed by atoms with Crippen LogP contribution >= 0.6 is 22.7 Å². The maximum absolute atomic E-state index is 13.2. The second-order valence-electron chi connectivity index (χ2n) is 9.04. The Morgan fingerprint density at radius 3 is 2.42 bits per heavy atom. The third-order valence-electron chi connectivity index (χ3n) is 5.70. The van der Waals surface area contributed by atoms with E-state index in [1.54, 1.807) is 34.4 Å². The number of Topliss-reactive ketones (excluding diaryl/α,β-unsaturated/α-hetero) is 1. The fraction of sp³-hybridized carbons (Fsp3) is 0.333. The molecule has 0 atom stereocenters. The molecule has 0 aliphatic carbocycles. The molecule has 3 aromatic rings. The van der Waals surface area contributed by atoms with Crippen LogP contribution in [0.15, 0.2) is 69.6 Å². The van der Waals surface area contributed by atoms with Crippen molar-refractivity contribution in [2.24, 2.45) is 16.1 Å². The number of thiophene rings is 1. The molecule has 1 saturated heterocycles. The van der Waals surface area contributed by atoms with Crippen LogP contribution in [0.5, 0.6) is 0 Å². The predicted molar refractivity (Wildman–Crippen MR) is 145 cm³/mol. The molecule has 0 bridgehead atoms. The van der Waals surface area contributed by atoms with E-state index < -0.39 is 5.41 Å². The number of halogens is 1. The number of hydrogen-bond donors (Lipinski definition) is 1. The molecular formula is C27H31FN4O2S2. The summed E-state index contributed by atoms with van der Waals surface area (Å²) >= 11 is 3.10. The van der Waals surface area contributed by atoms with Gasteiger partial charge in [0.2, 0.25) is 0 Å². The molecule has 3 heterocycles. The van der Waals surface area contributed by atoms with Gasteiger partial charge < -0.3 is 10.6 Å². The molecule has 1 aromatic carbocycles. The average molecular weight is 527 g/mol. The van der Waals surface area contributed by atoms with Crippen molar-refractivity contribution in [1.29, 1.82) is 0 Å². The van der Waals surface area contributed by atoms with Gasteiger partial charge in [-0.15, -0.1) is 22.7 Å². The number of amides is 1. The van der Waals surface area contributed by atoms with Crippen molar-refractivity contribution in [3.63, 3.8) is 0 Å². The number of aliphatic imine (C=N–C) groups is 1. The van der Waals surface area contributed by atoms with E-state index in [-0.39, 0.29) is 29.7 Å². The number of allylic oxidation sites excluding steroid dienone is 1. The summed E-state index contributed by atoms with van der Waals surface area (Å²) in [4.78, 5) is 36.1. The highest BCUT2D eigenvalue weighted by atomic mass is 32.1. The zero-order valence-electron chi connectivity index (χ0n) is 21.0. The first-order valence-electron chi connectivity index (χ1n) is 11.6. The Kier molecular flexibility index (Phi) is 9.28.